The van der Waals surface area contributed by atoms with Crippen LogP contribution in [0.4, 0.5) is 4.79 Å². The third kappa shape index (κ3) is 4.35. The van der Waals surface area contributed by atoms with Crippen molar-refractivity contribution >= 4 is 17.7 Å². The van der Waals surface area contributed by atoms with Crippen LogP contribution in [-0.4, -0.2) is 39.3 Å². The average Bonchev–Trinajstić information content (AvgIpc) is 3.04. The number of nitrogens with zero attached hydrogens (tertiary/aromatic N) is 2. The SMILES string of the molecule is Cc1cc(C(=O)CN2C(=O)NC3(CCCCCC3)C2=O)c(C)n1CCC1=CCCCC1. The molecule has 1 aliphatic heterocycles. The Morgan fingerprint density at radius 1 is 1.06 bits per heavy atom. The molecule has 168 valence electrons. The second-order valence-electron chi connectivity index (χ2n) is 9.54. The van der Waals surface area contributed by atoms with Gasteiger partial charge in [-0.2, -0.15) is 0 Å². The van der Waals surface area contributed by atoms with Gasteiger partial charge in [0.2, 0.25) is 0 Å². The molecule has 0 atom stereocenters. The Morgan fingerprint density at radius 3 is 2.48 bits per heavy atom. The Bertz CT molecular complexity index is 903. The summed E-state index contributed by atoms with van der Waals surface area (Å²) in [5, 5.41) is 2.93. The summed E-state index contributed by atoms with van der Waals surface area (Å²) in [5.74, 6) is -0.379. The summed E-state index contributed by atoms with van der Waals surface area (Å²) >= 11 is 0. The van der Waals surface area contributed by atoms with Gasteiger partial charge in [0.25, 0.3) is 5.91 Å². The average molecular weight is 426 g/mol. The van der Waals surface area contributed by atoms with Gasteiger partial charge in [0.05, 0.1) is 6.54 Å². The lowest BCUT2D eigenvalue weighted by molar-refractivity contribution is -0.131. The highest BCUT2D eigenvalue weighted by molar-refractivity contribution is 6.11. The molecule has 2 fully saturated rings. The van der Waals surface area contributed by atoms with E-state index in [-0.39, 0.29) is 18.2 Å². The Kier molecular flexibility index (Phi) is 6.35. The highest BCUT2D eigenvalue weighted by Gasteiger charge is 2.51. The molecule has 0 unspecified atom stereocenters. The summed E-state index contributed by atoms with van der Waals surface area (Å²) in [5.41, 5.74) is 3.32. The van der Waals surface area contributed by atoms with Crippen molar-refractivity contribution in [2.45, 2.75) is 96.6 Å². The fraction of sp³-hybridized carbons (Fsp3) is 0.640. The van der Waals surface area contributed by atoms with Crippen molar-refractivity contribution in [2.75, 3.05) is 6.54 Å². The van der Waals surface area contributed by atoms with E-state index in [9.17, 15) is 14.4 Å². The molecule has 3 amide bonds. The molecule has 1 aromatic rings. The zero-order chi connectivity index (χ0) is 22.0. The van der Waals surface area contributed by atoms with Crippen molar-refractivity contribution in [2.24, 2.45) is 0 Å². The molecule has 3 aliphatic rings. The van der Waals surface area contributed by atoms with Crippen molar-refractivity contribution in [1.29, 1.82) is 0 Å². The van der Waals surface area contributed by atoms with Crippen molar-refractivity contribution in [1.82, 2.24) is 14.8 Å². The van der Waals surface area contributed by atoms with Crippen LogP contribution in [0.5, 0.6) is 0 Å². The van der Waals surface area contributed by atoms with Crippen molar-refractivity contribution in [3.63, 3.8) is 0 Å². The number of urea groups is 1. The molecule has 6 nitrogen and oxygen atoms in total. The number of amides is 3. The van der Waals surface area contributed by atoms with Crippen molar-refractivity contribution in [3.05, 3.63) is 34.7 Å². The molecule has 1 saturated carbocycles. The van der Waals surface area contributed by atoms with Gasteiger partial charge in [0.1, 0.15) is 5.54 Å². The lowest BCUT2D eigenvalue weighted by Crippen LogP contribution is -2.46. The number of carbonyl (C=O) groups excluding carboxylic acids is 3. The predicted molar refractivity (Wildman–Crippen MR) is 120 cm³/mol. The molecule has 1 aromatic heterocycles. The molecule has 2 aliphatic carbocycles. The zero-order valence-corrected chi connectivity index (χ0v) is 19.0. The molecule has 0 bridgehead atoms. The number of Topliss-reactive ketones (excluding diaryl/α,β-unsaturated/α-hetero) is 1. The van der Waals surface area contributed by atoms with E-state index in [0.29, 0.717) is 18.4 Å². The van der Waals surface area contributed by atoms with Gasteiger partial charge in [-0.1, -0.05) is 37.3 Å². The van der Waals surface area contributed by atoms with E-state index in [4.69, 9.17) is 0 Å². The Labute approximate surface area is 185 Å². The van der Waals surface area contributed by atoms with Crippen LogP contribution in [0.1, 0.15) is 92.4 Å². The van der Waals surface area contributed by atoms with Gasteiger partial charge in [0.15, 0.2) is 5.78 Å². The van der Waals surface area contributed by atoms with Gasteiger partial charge in [-0.25, -0.2) is 4.79 Å². The standard InChI is InChI=1S/C25H35N3O3/c1-18-16-21(19(2)27(18)15-12-20-10-6-5-7-11-20)22(29)17-28-23(30)25(26-24(28)31)13-8-3-4-9-14-25/h10,16H,3-9,11-15,17H2,1-2H3,(H,26,31). The van der Waals surface area contributed by atoms with Crippen LogP contribution >= 0.6 is 0 Å². The van der Waals surface area contributed by atoms with Gasteiger partial charge in [0, 0.05) is 23.5 Å². The first kappa shape index (κ1) is 21.8. The summed E-state index contributed by atoms with van der Waals surface area (Å²) in [7, 11) is 0. The topological polar surface area (TPSA) is 71.4 Å². The molecular weight excluding hydrogens is 390 g/mol. The lowest BCUT2D eigenvalue weighted by Gasteiger charge is -2.24. The normalized spacial score (nSPS) is 21.2. The monoisotopic (exact) mass is 425 g/mol. The number of rotatable bonds is 6. The van der Waals surface area contributed by atoms with E-state index in [1.165, 1.54) is 31.3 Å². The molecule has 1 saturated heterocycles. The largest absolute Gasteiger partial charge is 0.348 e. The molecule has 1 N–H and O–H groups in total. The molecule has 31 heavy (non-hydrogen) atoms. The molecule has 4 rings (SSSR count). The number of aromatic nitrogens is 1. The Morgan fingerprint density at radius 2 is 1.81 bits per heavy atom. The van der Waals surface area contributed by atoms with E-state index in [2.05, 4.69) is 16.0 Å². The lowest BCUT2D eigenvalue weighted by atomic mass is 9.90. The van der Waals surface area contributed by atoms with E-state index >= 15 is 0 Å². The maximum absolute atomic E-state index is 13.1. The molecule has 2 heterocycles. The Balaban J connectivity index is 1.45. The number of hydrogen-bond acceptors (Lipinski definition) is 3. The number of nitrogens with one attached hydrogen (secondary N) is 1. The fourth-order valence-corrected chi connectivity index (χ4v) is 5.53. The highest BCUT2D eigenvalue weighted by atomic mass is 16.2. The fourth-order valence-electron chi connectivity index (χ4n) is 5.53. The summed E-state index contributed by atoms with van der Waals surface area (Å²) in [6.07, 6.45) is 13.7. The number of carbonyl (C=O) groups is 3. The summed E-state index contributed by atoms with van der Waals surface area (Å²) in [4.78, 5) is 40.0. The minimum Gasteiger partial charge on any atom is -0.348 e. The van der Waals surface area contributed by atoms with Gasteiger partial charge >= 0.3 is 6.03 Å². The summed E-state index contributed by atoms with van der Waals surface area (Å²) in [6, 6.07) is 1.49. The van der Waals surface area contributed by atoms with E-state index in [0.717, 1.165) is 54.9 Å². The zero-order valence-electron chi connectivity index (χ0n) is 19.0. The quantitative estimate of drug-likeness (QED) is 0.403. The summed E-state index contributed by atoms with van der Waals surface area (Å²) in [6.45, 7) is 4.67. The molecule has 0 radical (unpaired) electrons. The Hall–Kier alpha value is -2.37. The van der Waals surface area contributed by atoms with Gasteiger partial charge in [-0.15, -0.1) is 0 Å². The predicted octanol–water partition coefficient (Wildman–Crippen LogP) is 4.82. The van der Waals surface area contributed by atoms with E-state index < -0.39 is 11.6 Å². The smallest absolute Gasteiger partial charge is 0.325 e. The second-order valence-corrected chi connectivity index (χ2v) is 9.54. The van der Waals surface area contributed by atoms with Crippen LogP contribution in [0.15, 0.2) is 17.7 Å². The minimum atomic E-state index is -0.793. The van der Waals surface area contributed by atoms with Crippen LogP contribution in [0.3, 0.4) is 0 Å². The first-order chi connectivity index (χ1) is 14.9. The maximum atomic E-state index is 13.1. The third-order valence-corrected chi connectivity index (χ3v) is 7.42. The van der Waals surface area contributed by atoms with Crippen LogP contribution < -0.4 is 5.32 Å². The van der Waals surface area contributed by atoms with Crippen molar-refractivity contribution < 1.29 is 14.4 Å². The second kappa shape index (κ2) is 9.01. The number of aryl methyl sites for hydroxylation is 1. The highest BCUT2D eigenvalue weighted by Crippen LogP contribution is 2.33. The number of allylic oxidation sites excluding steroid dienone is 2. The van der Waals surface area contributed by atoms with Crippen molar-refractivity contribution in [3.8, 4) is 0 Å². The third-order valence-electron chi connectivity index (χ3n) is 7.42. The number of ketones is 1. The molecule has 0 aromatic carbocycles. The van der Waals surface area contributed by atoms with Crippen LogP contribution in [0, 0.1) is 13.8 Å². The summed E-state index contributed by atoms with van der Waals surface area (Å²) < 4.78 is 2.20. The number of imide groups is 1. The maximum Gasteiger partial charge on any atom is 0.325 e. The van der Waals surface area contributed by atoms with Crippen LogP contribution in [0.2, 0.25) is 0 Å². The van der Waals surface area contributed by atoms with Crippen LogP contribution in [0.25, 0.3) is 0 Å². The molecule has 6 heteroatoms. The molecular formula is C25H35N3O3. The van der Waals surface area contributed by atoms with Gasteiger partial charge in [-0.3, -0.25) is 14.5 Å². The van der Waals surface area contributed by atoms with E-state index in [1.54, 1.807) is 0 Å². The van der Waals surface area contributed by atoms with E-state index in [1.807, 2.05) is 19.9 Å². The first-order valence-corrected chi connectivity index (χ1v) is 11.9. The first-order valence-electron chi connectivity index (χ1n) is 11.9. The van der Waals surface area contributed by atoms with Gasteiger partial charge in [-0.05, 0) is 64.9 Å². The van der Waals surface area contributed by atoms with Crippen LogP contribution in [-0.2, 0) is 11.3 Å². The minimum absolute atomic E-state index is 0.162. The van der Waals surface area contributed by atoms with Gasteiger partial charge < -0.3 is 9.88 Å². The number of hydrogen-bond donors (Lipinski definition) is 1. The molecule has 1 spiro atoms.